The van der Waals surface area contributed by atoms with Gasteiger partial charge in [-0.3, -0.25) is 14.5 Å². The Hall–Kier alpha value is -1.55. The highest BCUT2D eigenvalue weighted by Crippen LogP contribution is 2.38. The molecule has 1 N–H and O–H groups in total. The van der Waals surface area contributed by atoms with E-state index in [1.807, 2.05) is 0 Å². The summed E-state index contributed by atoms with van der Waals surface area (Å²) >= 11 is 7.69. The molecule has 10 heteroatoms. The summed E-state index contributed by atoms with van der Waals surface area (Å²) in [7, 11) is 0. The third kappa shape index (κ3) is 4.85. The highest BCUT2D eigenvalue weighted by molar-refractivity contribution is 9.09. The smallest absolute Gasteiger partial charge is 0.355 e. The third-order valence-corrected chi connectivity index (χ3v) is 7.14. The van der Waals surface area contributed by atoms with Crippen LogP contribution in [0.5, 0.6) is 0 Å². The topological polar surface area (TPSA) is 98.8 Å². The van der Waals surface area contributed by atoms with Crippen LogP contribution < -0.4 is 5.32 Å². The molecule has 1 fully saturated rings. The minimum absolute atomic E-state index is 0.0573. The van der Waals surface area contributed by atoms with Crippen LogP contribution in [0.3, 0.4) is 0 Å². The molecule has 2 aliphatic rings. The Morgan fingerprint density at radius 3 is 2.53 bits per heavy atom. The van der Waals surface area contributed by atoms with E-state index >= 15 is 0 Å². The first kappa shape index (κ1) is 23.1. The standard InChI is InChI=1S/C20H22BrClN2O5S/c1-20(2,3)29-19(27)16-12(9-21)10-30(28)18-15(17(26)24(16)18)23-14(25)8-11-4-6-13(22)7-5-11/h4-7,15,18H,8-10H2,1-3H3,(H,23,25)/t15?,18-,30?/m1/s1. The Kier molecular flexibility index (Phi) is 6.86. The van der Waals surface area contributed by atoms with Crippen molar-refractivity contribution >= 4 is 56.5 Å². The zero-order valence-electron chi connectivity index (χ0n) is 16.7. The molecule has 2 heterocycles. The molecule has 7 nitrogen and oxygen atoms in total. The fourth-order valence-electron chi connectivity index (χ4n) is 3.28. The minimum atomic E-state index is -1.46. The van der Waals surface area contributed by atoms with Gasteiger partial charge in [-0.15, -0.1) is 0 Å². The highest BCUT2D eigenvalue weighted by Gasteiger charge is 2.61. The van der Waals surface area contributed by atoms with Crippen LogP contribution in [0.4, 0.5) is 0 Å². The second-order valence-electron chi connectivity index (χ2n) is 8.06. The van der Waals surface area contributed by atoms with Gasteiger partial charge in [-0.25, -0.2) is 4.79 Å². The average Bonchev–Trinajstić information content (AvgIpc) is 2.65. The number of rotatable bonds is 5. The van der Waals surface area contributed by atoms with Crippen molar-refractivity contribution in [1.82, 2.24) is 10.2 Å². The number of esters is 1. The number of halogens is 2. The Labute approximate surface area is 191 Å². The summed E-state index contributed by atoms with van der Waals surface area (Å²) in [5, 5.41) is 2.71. The van der Waals surface area contributed by atoms with Gasteiger partial charge in [0, 0.05) is 15.9 Å². The van der Waals surface area contributed by atoms with E-state index in [2.05, 4.69) is 21.2 Å². The lowest BCUT2D eigenvalue weighted by atomic mass is 10.0. The molecule has 3 rings (SSSR count). The first-order valence-corrected chi connectivity index (χ1v) is 12.2. The Bertz CT molecular complexity index is 899. The number of hydrogen-bond acceptors (Lipinski definition) is 5. The number of ether oxygens (including phenoxy) is 1. The summed E-state index contributed by atoms with van der Waals surface area (Å²) in [5.74, 6) is -1.37. The first-order chi connectivity index (χ1) is 14.0. The number of alkyl halides is 1. The molecule has 0 aromatic heterocycles. The normalized spacial score (nSPS) is 23.6. The number of hydrogen-bond donors (Lipinski definition) is 1. The van der Waals surface area contributed by atoms with E-state index in [1.54, 1.807) is 45.0 Å². The van der Waals surface area contributed by atoms with Gasteiger partial charge >= 0.3 is 5.97 Å². The van der Waals surface area contributed by atoms with Crippen LogP contribution in [0, 0.1) is 0 Å². The SMILES string of the molecule is CC(C)(C)OC(=O)C1=C(CBr)C[S+]([O-])[C@@H]2C(NC(=O)Cc3ccc(Cl)cc3)C(=O)N12. The predicted molar refractivity (Wildman–Crippen MR) is 117 cm³/mol. The molecular formula is C20H22BrClN2O5S. The number of benzene rings is 1. The quantitative estimate of drug-likeness (QED) is 0.280. The van der Waals surface area contributed by atoms with Crippen molar-refractivity contribution in [2.75, 3.05) is 11.1 Å². The van der Waals surface area contributed by atoms with E-state index in [0.29, 0.717) is 10.6 Å². The lowest BCUT2D eigenvalue weighted by Crippen LogP contribution is -2.75. The number of nitrogens with one attached hydrogen (secondary N) is 1. The van der Waals surface area contributed by atoms with Crippen LogP contribution in [-0.2, 0) is 36.7 Å². The zero-order chi connectivity index (χ0) is 22.2. The predicted octanol–water partition coefficient (Wildman–Crippen LogP) is 2.29. The highest BCUT2D eigenvalue weighted by atomic mass is 79.9. The Balaban J connectivity index is 1.75. The fourth-order valence-corrected chi connectivity index (χ4v) is 5.82. The maximum Gasteiger partial charge on any atom is 0.355 e. The van der Waals surface area contributed by atoms with Crippen molar-refractivity contribution in [3.05, 3.63) is 46.1 Å². The lowest BCUT2D eigenvalue weighted by Gasteiger charge is -2.49. The van der Waals surface area contributed by atoms with Gasteiger partial charge in [-0.05, 0) is 49.6 Å². The van der Waals surface area contributed by atoms with Gasteiger partial charge in [-0.1, -0.05) is 39.7 Å². The summed E-state index contributed by atoms with van der Waals surface area (Å²) in [4.78, 5) is 39.2. The number of nitrogens with zero attached hydrogens (tertiary/aromatic N) is 1. The first-order valence-electron chi connectivity index (χ1n) is 9.27. The lowest BCUT2D eigenvalue weighted by molar-refractivity contribution is -0.159. The monoisotopic (exact) mass is 516 g/mol. The van der Waals surface area contributed by atoms with Gasteiger partial charge in [0.25, 0.3) is 5.91 Å². The van der Waals surface area contributed by atoms with E-state index in [-0.39, 0.29) is 29.1 Å². The van der Waals surface area contributed by atoms with Crippen molar-refractivity contribution < 1.29 is 23.7 Å². The molecule has 3 atom stereocenters. The van der Waals surface area contributed by atoms with Crippen LogP contribution in [-0.4, -0.2) is 55.3 Å². The fraction of sp³-hybridized carbons (Fsp3) is 0.450. The summed E-state index contributed by atoms with van der Waals surface area (Å²) in [6.07, 6.45) is 0.0573. The average molecular weight is 518 g/mol. The van der Waals surface area contributed by atoms with Gasteiger partial charge in [0.15, 0.2) is 6.04 Å². The number of β-lactam (4-membered cyclic amide) rings is 1. The molecule has 0 spiro atoms. The van der Waals surface area contributed by atoms with Crippen molar-refractivity contribution in [1.29, 1.82) is 0 Å². The molecule has 2 unspecified atom stereocenters. The molecule has 1 saturated heterocycles. The van der Waals surface area contributed by atoms with Crippen molar-refractivity contribution in [3.63, 3.8) is 0 Å². The van der Waals surface area contributed by atoms with E-state index in [9.17, 15) is 18.9 Å². The number of amides is 2. The number of carbonyl (C=O) groups is 3. The Morgan fingerprint density at radius 1 is 1.33 bits per heavy atom. The number of fused-ring (bicyclic) bond motifs is 1. The second-order valence-corrected chi connectivity index (χ2v) is 10.6. The van der Waals surface area contributed by atoms with Gasteiger partial charge in [-0.2, -0.15) is 0 Å². The van der Waals surface area contributed by atoms with Crippen molar-refractivity contribution in [3.8, 4) is 0 Å². The van der Waals surface area contributed by atoms with Gasteiger partial charge < -0.3 is 14.6 Å². The molecular weight excluding hydrogens is 496 g/mol. The molecule has 1 aromatic rings. The van der Waals surface area contributed by atoms with E-state index in [4.69, 9.17) is 16.3 Å². The summed E-state index contributed by atoms with van der Waals surface area (Å²) in [5.41, 5.74) is 0.646. The largest absolute Gasteiger partial charge is 0.614 e. The Morgan fingerprint density at radius 2 is 1.97 bits per heavy atom. The van der Waals surface area contributed by atoms with Gasteiger partial charge in [0.05, 0.1) is 6.42 Å². The van der Waals surface area contributed by atoms with Gasteiger partial charge in [0.1, 0.15) is 17.1 Å². The van der Waals surface area contributed by atoms with E-state index in [1.165, 1.54) is 4.90 Å². The molecule has 162 valence electrons. The maximum atomic E-state index is 12.8. The third-order valence-electron chi connectivity index (χ3n) is 4.55. The maximum absolute atomic E-state index is 12.8. The molecule has 30 heavy (non-hydrogen) atoms. The second kappa shape index (κ2) is 8.90. The molecule has 0 radical (unpaired) electrons. The molecule has 2 amide bonds. The molecule has 0 saturated carbocycles. The van der Waals surface area contributed by atoms with Crippen LogP contribution in [0.25, 0.3) is 0 Å². The summed E-state index contributed by atoms with van der Waals surface area (Å²) < 4.78 is 18.2. The van der Waals surface area contributed by atoms with Crippen LogP contribution in [0.2, 0.25) is 5.02 Å². The van der Waals surface area contributed by atoms with Crippen LogP contribution in [0.1, 0.15) is 26.3 Å². The molecule has 0 aliphatic carbocycles. The molecule has 1 aromatic carbocycles. The van der Waals surface area contributed by atoms with Crippen LogP contribution in [0.15, 0.2) is 35.5 Å². The van der Waals surface area contributed by atoms with Crippen molar-refractivity contribution in [2.45, 2.75) is 44.2 Å². The van der Waals surface area contributed by atoms with Crippen molar-refractivity contribution in [2.24, 2.45) is 0 Å². The van der Waals surface area contributed by atoms with Gasteiger partial charge in [0.2, 0.25) is 11.3 Å². The number of carbonyl (C=O) groups excluding carboxylic acids is 3. The molecule has 2 aliphatic heterocycles. The van der Waals surface area contributed by atoms with E-state index < -0.39 is 40.1 Å². The molecule has 0 bridgehead atoms. The minimum Gasteiger partial charge on any atom is -0.614 e. The van der Waals surface area contributed by atoms with E-state index in [0.717, 1.165) is 5.56 Å². The van der Waals surface area contributed by atoms with Crippen LogP contribution >= 0.6 is 27.5 Å². The summed E-state index contributed by atoms with van der Waals surface area (Å²) in [6, 6.07) is 5.86. The summed E-state index contributed by atoms with van der Waals surface area (Å²) in [6.45, 7) is 5.19. The zero-order valence-corrected chi connectivity index (χ0v) is 19.9.